The Morgan fingerprint density at radius 1 is 1.28 bits per heavy atom. The maximum absolute atomic E-state index is 12.1. The molecule has 0 bridgehead atoms. The van der Waals surface area contributed by atoms with Gasteiger partial charge in [-0.1, -0.05) is 0 Å². The maximum Gasteiger partial charge on any atom is 0.240 e. The van der Waals surface area contributed by atoms with Crippen LogP contribution in [0.15, 0.2) is 0 Å². The average Bonchev–Trinajstić information content (AvgIpc) is 2.97. The highest BCUT2D eigenvalue weighted by Crippen LogP contribution is 2.34. The van der Waals surface area contributed by atoms with Crippen molar-refractivity contribution in [3.8, 4) is 0 Å². The first kappa shape index (κ1) is 13.3. The van der Waals surface area contributed by atoms with Crippen LogP contribution in [-0.2, 0) is 14.3 Å². The Bertz CT molecular complexity index is 358. The third-order valence-electron chi connectivity index (χ3n) is 3.32. The molecule has 102 valence electrons. The highest BCUT2D eigenvalue weighted by atomic mass is 16.5. The van der Waals surface area contributed by atoms with E-state index in [1.165, 1.54) is 0 Å². The number of hydrogen-bond acceptors (Lipinski definition) is 3. The van der Waals surface area contributed by atoms with Gasteiger partial charge in [-0.05, 0) is 33.6 Å². The van der Waals surface area contributed by atoms with Crippen LogP contribution in [0.25, 0.3) is 0 Å². The van der Waals surface area contributed by atoms with Gasteiger partial charge in [-0.25, -0.2) is 0 Å². The molecular formula is C13H22N2O3. The predicted molar refractivity (Wildman–Crippen MR) is 66.7 cm³/mol. The van der Waals surface area contributed by atoms with Crippen LogP contribution in [0, 0.1) is 5.92 Å². The van der Waals surface area contributed by atoms with E-state index in [-0.39, 0.29) is 23.5 Å². The minimum atomic E-state index is -0.495. The number of carbonyl (C=O) groups is 2. The van der Waals surface area contributed by atoms with E-state index >= 15 is 0 Å². The number of amides is 2. The maximum atomic E-state index is 12.1. The molecule has 2 fully saturated rings. The summed E-state index contributed by atoms with van der Waals surface area (Å²) in [5.74, 6) is -0.247. The molecule has 0 aromatic heterocycles. The van der Waals surface area contributed by atoms with Gasteiger partial charge in [0.15, 0.2) is 0 Å². The Morgan fingerprint density at radius 3 is 2.33 bits per heavy atom. The fraction of sp³-hybridized carbons (Fsp3) is 0.846. The van der Waals surface area contributed by atoms with Gasteiger partial charge >= 0.3 is 0 Å². The van der Waals surface area contributed by atoms with Gasteiger partial charge in [-0.15, -0.1) is 0 Å². The lowest BCUT2D eigenvalue weighted by Crippen LogP contribution is -2.44. The van der Waals surface area contributed by atoms with Gasteiger partial charge in [0.2, 0.25) is 11.8 Å². The molecule has 1 aliphatic carbocycles. The van der Waals surface area contributed by atoms with E-state index in [1.807, 2.05) is 20.8 Å². The lowest BCUT2D eigenvalue weighted by atomic mass is 10.1. The summed E-state index contributed by atoms with van der Waals surface area (Å²) in [5.41, 5.74) is 5.11. The molecule has 2 N–H and O–H groups in total. The van der Waals surface area contributed by atoms with Gasteiger partial charge in [-0.2, -0.15) is 0 Å². The number of nitrogens with zero attached hydrogens (tertiary/aromatic N) is 1. The van der Waals surface area contributed by atoms with E-state index in [1.54, 1.807) is 4.90 Å². The SMILES string of the molecule is CC(C)(C)OC1CC(C(N)=O)N(C(=O)C2CC2)C1. The number of primary amides is 1. The van der Waals surface area contributed by atoms with Gasteiger partial charge in [0.05, 0.1) is 11.7 Å². The number of likely N-dealkylation sites (tertiary alicyclic amines) is 1. The van der Waals surface area contributed by atoms with E-state index in [0.29, 0.717) is 13.0 Å². The van der Waals surface area contributed by atoms with Crippen molar-refractivity contribution >= 4 is 11.8 Å². The van der Waals surface area contributed by atoms with Crippen molar-refractivity contribution in [1.29, 1.82) is 0 Å². The molecule has 18 heavy (non-hydrogen) atoms. The standard InChI is InChI=1S/C13H22N2O3/c1-13(2,3)18-9-6-10(11(14)16)15(7-9)12(17)8-4-5-8/h8-10H,4-7H2,1-3H3,(H2,14,16). The highest BCUT2D eigenvalue weighted by Gasteiger charge is 2.44. The number of rotatable bonds is 3. The number of ether oxygens (including phenoxy) is 1. The minimum Gasteiger partial charge on any atom is -0.371 e. The van der Waals surface area contributed by atoms with Gasteiger partial charge < -0.3 is 15.4 Å². The first-order chi connectivity index (χ1) is 8.28. The molecular weight excluding hydrogens is 232 g/mol. The summed E-state index contributed by atoms with van der Waals surface area (Å²) >= 11 is 0. The van der Waals surface area contributed by atoms with Gasteiger partial charge in [-0.3, -0.25) is 9.59 Å². The average molecular weight is 254 g/mol. The van der Waals surface area contributed by atoms with E-state index in [9.17, 15) is 9.59 Å². The van der Waals surface area contributed by atoms with Crippen LogP contribution in [0.1, 0.15) is 40.0 Å². The Labute approximate surface area is 108 Å². The summed E-state index contributed by atoms with van der Waals surface area (Å²) in [4.78, 5) is 25.2. The molecule has 0 spiro atoms. The minimum absolute atomic E-state index is 0.0683. The quantitative estimate of drug-likeness (QED) is 0.804. The molecule has 0 radical (unpaired) electrons. The van der Waals surface area contributed by atoms with Crippen LogP contribution in [0.3, 0.4) is 0 Å². The number of nitrogens with two attached hydrogens (primary N) is 1. The van der Waals surface area contributed by atoms with E-state index in [2.05, 4.69) is 0 Å². The molecule has 1 aliphatic heterocycles. The fourth-order valence-corrected chi connectivity index (χ4v) is 2.46. The molecule has 2 amide bonds. The molecule has 1 heterocycles. The highest BCUT2D eigenvalue weighted by molar-refractivity contribution is 5.89. The predicted octanol–water partition coefficient (Wildman–Crippen LogP) is 0.666. The van der Waals surface area contributed by atoms with E-state index in [0.717, 1.165) is 12.8 Å². The first-order valence-corrected chi connectivity index (χ1v) is 6.55. The van der Waals surface area contributed by atoms with Crippen molar-refractivity contribution in [3.63, 3.8) is 0 Å². The van der Waals surface area contributed by atoms with Crippen molar-refractivity contribution in [2.24, 2.45) is 11.7 Å². The summed E-state index contributed by atoms with van der Waals surface area (Å²) in [5, 5.41) is 0. The van der Waals surface area contributed by atoms with Crippen molar-refractivity contribution in [2.45, 2.75) is 57.8 Å². The smallest absolute Gasteiger partial charge is 0.240 e. The Kier molecular flexibility index (Phi) is 3.36. The summed E-state index contributed by atoms with van der Waals surface area (Å²) in [6.07, 6.45) is 2.30. The summed E-state index contributed by atoms with van der Waals surface area (Å²) in [7, 11) is 0. The molecule has 2 atom stereocenters. The molecule has 2 unspecified atom stereocenters. The molecule has 2 rings (SSSR count). The van der Waals surface area contributed by atoms with Gasteiger partial charge in [0.25, 0.3) is 0 Å². The van der Waals surface area contributed by atoms with E-state index < -0.39 is 11.9 Å². The van der Waals surface area contributed by atoms with Crippen molar-refractivity contribution in [2.75, 3.05) is 6.54 Å². The zero-order chi connectivity index (χ0) is 13.5. The Morgan fingerprint density at radius 2 is 1.89 bits per heavy atom. The lowest BCUT2D eigenvalue weighted by Gasteiger charge is -2.25. The van der Waals surface area contributed by atoms with Crippen LogP contribution in [0.2, 0.25) is 0 Å². The molecule has 1 saturated carbocycles. The van der Waals surface area contributed by atoms with Crippen molar-refractivity contribution < 1.29 is 14.3 Å². The Balaban J connectivity index is 2.03. The monoisotopic (exact) mass is 254 g/mol. The van der Waals surface area contributed by atoms with Gasteiger partial charge in [0.1, 0.15) is 6.04 Å². The first-order valence-electron chi connectivity index (χ1n) is 6.55. The number of hydrogen-bond donors (Lipinski definition) is 1. The Hall–Kier alpha value is -1.10. The third-order valence-corrected chi connectivity index (χ3v) is 3.32. The van der Waals surface area contributed by atoms with Crippen LogP contribution in [0.5, 0.6) is 0 Å². The van der Waals surface area contributed by atoms with Crippen LogP contribution in [0.4, 0.5) is 0 Å². The second kappa shape index (κ2) is 4.53. The molecule has 5 heteroatoms. The second-order valence-electron chi connectivity index (χ2n) is 6.27. The number of carbonyl (C=O) groups excluding carboxylic acids is 2. The second-order valence-corrected chi connectivity index (χ2v) is 6.27. The normalized spacial score (nSPS) is 28.5. The lowest BCUT2D eigenvalue weighted by molar-refractivity contribution is -0.138. The fourth-order valence-electron chi connectivity index (χ4n) is 2.46. The topological polar surface area (TPSA) is 72.6 Å². The third kappa shape index (κ3) is 3.02. The van der Waals surface area contributed by atoms with Crippen LogP contribution in [-0.4, -0.2) is 41.0 Å². The van der Waals surface area contributed by atoms with Gasteiger partial charge in [0, 0.05) is 18.9 Å². The van der Waals surface area contributed by atoms with Crippen molar-refractivity contribution in [1.82, 2.24) is 4.90 Å². The van der Waals surface area contributed by atoms with Crippen molar-refractivity contribution in [3.05, 3.63) is 0 Å². The molecule has 5 nitrogen and oxygen atoms in total. The summed E-state index contributed by atoms with van der Waals surface area (Å²) in [6, 6.07) is -0.495. The molecule has 1 saturated heterocycles. The zero-order valence-electron chi connectivity index (χ0n) is 11.3. The summed E-state index contributed by atoms with van der Waals surface area (Å²) < 4.78 is 5.86. The molecule has 0 aromatic carbocycles. The van der Waals surface area contributed by atoms with Crippen LogP contribution >= 0.6 is 0 Å². The van der Waals surface area contributed by atoms with E-state index in [4.69, 9.17) is 10.5 Å². The molecule has 2 aliphatic rings. The van der Waals surface area contributed by atoms with Crippen LogP contribution < -0.4 is 5.73 Å². The zero-order valence-corrected chi connectivity index (χ0v) is 11.3. The molecule has 0 aromatic rings. The summed E-state index contributed by atoms with van der Waals surface area (Å²) in [6.45, 7) is 6.40. The largest absolute Gasteiger partial charge is 0.371 e.